The Kier molecular flexibility index (Phi) is 6.45. The van der Waals surface area contributed by atoms with Crippen molar-refractivity contribution in [2.24, 2.45) is 0 Å². The summed E-state index contributed by atoms with van der Waals surface area (Å²) in [5, 5.41) is 12.6. The quantitative estimate of drug-likeness (QED) is 0.765. The van der Waals surface area contributed by atoms with E-state index in [9.17, 15) is 18.7 Å². The van der Waals surface area contributed by atoms with E-state index in [4.69, 9.17) is 0 Å². The molecule has 2 aromatic rings. The van der Waals surface area contributed by atoms with E-state index in [-0.39, 0.29) is 18.2 Å². The number of aliphatic hydroxyl groups is 1. The molecule has 0 radical (unpaired) electrons. The third kappa shape index (κ3) is 5.81. The van der Waals surface area contributed by atoms with Crippen LogP contribution >= 0.6 is 0 Å². The number of carbonyl (C=O) groups excluding carboxylic acids is 1. The molecule has 0 fully saturated rings. The normalized spacial score (nSPS) is 12.3. The first-order chi connectivity index (χ1) is 11.5. The maximum atomic E-state index is 12.1. The average Bonchev–Trinajstić information content (AvgIpc) is 2.59. The van der Waals surface area contributed by atoms with E-state index >= 15 is 0 Å². The van der Waals surface area contributed by atoms with E-state index in [2.05, 4.69) is 10.1 Å². The van der Waals surface area contributed by atoms with Crippen molar-refractivity contribution in [2.45, 2.75) is 12.7 Å². The molecule has 6 heteroatoms. The number of alkyl halides is 2. The van der Waals surface area contributed by atoms with Gasteiger partial charge in [-0.3, -0.25) is 4.79 Å². The zero-order valence-corrected chi connectivity index (χ0v) is 12.7. The van der Waals surface area contributed by atoms with Crippen molar-refractivity contribution in [3.05, 3.63) is 71.8 Å². The third-order valence-corrected chi connectivity index (χ3v) is 3.19. The largest absolute Gasteiger partial charge is 0.435 e. The van der Waals surface area contributed by atoms with Gasteiger partial charge in [-0.2, -0.15) is 8.78 Å². The second-order valence-corrected chi connectivity index (χ2v) is 4.95. The van der Waals surface area contributed by atoms with Crippen LogP contribution in [0.5, 0.6) is 5.75 Å². The van der Waals surface area contributed by atoms with Crippen LogP contribution in [0.3, 0.4) is 0 Å². The van der Waals surface area contributed by atoms with Crippen molar-refractivity contribution < 1.29 is 23.4 Å². The third-order valence-electron chi connectivity index (χ3n) is 3.19. The lowest BCUT2D eigenvalue weighted by molar-refractivity contribution is -0.116. The smallest absolute Gasteiger partial charge is 0.387 e. The summed E-state index contributed by atoms with van der Waals surface area (Å²) in [6.07, 6.45) is 2.10. The number of nitrogens with one attached hydrogen (secondary N) is 1. The lowest BCUT2D eigenvalue weighted by Crippen LogP contribution is -2.26. The van der Waals surface area contributed by atoms with Crippen molar-refractivity contribution in [3.63, 3.8) is 0 Å². The zero-order chi connectivity index (χ0) is 17.4. The molecule has 0 heterocycles. The van der Waals surface area contributed by atoms with Crippen LogP contribution in [0.25, 0.3) is 6.08 Å². The van der Waals surface area contributed by atoms with Gasteiger partial charge < -0.3 is 15.2 Å². The fourth-order valence-electron chi connectivity index (χ4n) is 1.98. The van der Waals surface area contributed by atoms with Crippen molar-refractivity contribution in [2.75, 3.05) is 6.54 Å². The van der Waals surface area contributed by atoms with Crippen LogP contribution in [0.15, 0.2) is 60.7 Å². The highest BCUT2D eigenvalue weighted by molar-refractivity contribution is 5.91. The molecule has 2 rings (SSSR count). The standard InChI is InChI=1S/C18H17F2NO3/c19-18(20)24-15-9-7-14(8-10-15)16(22)12-21-17(23)11-6-13-4-2-1-3-5-13/h1-11,16,18,22H,12H2,(H,21,23)/b11-6+. The Balaban J connectivity index is 1.82. The maximum Gasteiger partial charge on any atom is 0.387 e. The van der Waals surface area contributed by atoms with Gasteiger partial charge in [0.1, 0.15) is 5.75 Å². The van der Waals surface area contributed by atoms with Gasteiger partial charge in [-0.05, 0) is 29.3 Å². The van der Waals surface area contributed by atoms with Gasteiger partial charge in [-0.25, -0.2) is 0 Å². The number of aliphatic hydroxyl groups excluding tert-OH is 1. The zero-order valence-electron chi connectivity index (χ0n) is 12.7. The molecule has 0 spiro atoms. The van der Waals surface area contributed by atoms with Gasteiger partial charge in [0.05, 0.1) is 6.10 Å². The van der Waals surface area contributed by atoms with Gasteiger partial charge >= 0.3 is 6.61 Å². The number of hydrogen-bond donors (Lipinski definition) is 2. The monoisotopic (exact) mass is 333 g/mol. The first-order valence-corrected chi connectivity index (χ1v) is 7.28. The summed E-state index contributed by atoms with van der Waals surface area (Å²) in [4.78, 5) is 11.7. The van der Waals surface area contributed by atoms with Gasteiger partial charge in [0.25, 0.3) is 0 Å². The summed E-state index contributed by atoms with van der Waals surface area (Å²) >= 11 is 0. The molecular formula is C18H17F2NO3. The molecule has 2 N–H and O–H groups in total. The van der Waals surface area contributed by atoms with E-state index in [0.717, 1.165) is 5.56 Å². The topological polar surface area (TPSA) is 58.6 Å². The van der Waals surface area contributed by atoms with Gasteiger partial charge in [-0.1, -0.05) is 42.5 Å². The average molecular weight is 333 g/mol. The van der Waals surface area contributed by atoms with E-state index < -0.39 is 12.7 Å². The van der Waals surface area contributed by atoms with Crippen LogP contribution in [0.4, 0.5) is 8.78 Å². The van der Waals surface area contributed by atoms with Crippen LogP contribution < -0.4 is 10.1 Å². The SMILES string of the molecule is O=C(/C=C/c1ccccc1)NCC(O)c1ccc(OC(F)F)cc1. The number of ether oxygens (including phenoxy) is 1. The number of carbonyl (C=O) groups is 1. The number of rotatable bonds is 7. The molecule has 4 nitrogen and oxygen atoms in total. The molecule has 24 heavy (non-hydrogen) atoms. The van der Waals surface area contributed by atoms with E-state index in [0.29, 0.717) is 5.56 Å². The van der Waals surface area contributed by atoms with Gasteiger partial charge in [-0.15, -0.1) is 0 Å². The molecule has 0 aromatic heterocycles. The maximum absolute atomic E-state index is 12.1. The summed E-state index contributed by atoms with van der Waals surface area (Å²) in [5.41, 5.74) is 1.38. The lowest BCUT2D eigenvalue weighted by Gasteiger charge is -2.12. The minimum Gasteiger partial charge on any atom is -0.435 e. The first kappa shape index (κ1) is 17.6. The summed E-state index contributed by atoms with van der Waals surface area (Å²) in [6, 6.07) is 14.9. The number of hydrogen-bond acceptors (Lipinski definition) is 3. The Hall–Kier alpha value is -2.73. The predicted octanol–water partition coefficient (Wildman–Crippen LogP) is 3.15. The molecule has 1 unspecified atom stereocenters. The summed E-state index contributed by atoms with van der Waals surface area (Å²) < 4.78 is 28.3. The van der Waals surface area contributed by atoms with E-state index in [1.54, 1.807) is 6.08 Å². The lowest BCUT2D eigenvalue weighted by atomic mass is 10.1. The Bertz CT molecular complexity index is 672. The fraction of sp³-hybridized carbons (Fsp3) is 0.167. The van der Waals surface area contributed by atoms with Crippen LogP contribution in [0.2, 0.25) is 0 Å². The van der Waals surface area contributed by atoms with Crippen molar-refractivity contribution >= 4 is 12.0 Å². The molecule has 0 aliphatic heterocycles. The van der Waals surface area contributed by atoms with Gasteiger partial charge in [0.2, 0.25) is 5.91 Å². The number of benzene rings is 2. The molecular weight excluding hydrogens is 316 g/mol. The van der Waals surface area contributed by atoms with Gasteiger partial charge in [0.15, 0.2) is 0 Å². The molecule has 126 valence electrons. The minimum absolute atomic E-state index is 0.00696. The predicted molar refractivity (Wildman–Crippen MR) is 86.5 cm³/mol. The molecule has 0 aliphatic carbocycles. The summed E-state index contributed by atoms with van der Waals surface area (Å²) in [7, 11) is 0. The van der Waals surface area contributed by atoms with E-state index in [1.807, 2.05) is 30.3 Å². The van der Waals surface area contributed by atoms with Crippen LogP contribution in [-0.2, 0) is 4.79 Å². The van der Waals surface area contributed by atoms with Crippen molar-refractivity contribution in [1.29, 1.82) is 0 Å². The van der Waals surface area contributed by atoms with Crippen LogP contribution in [0, 0.1) is 0 Å². The molecule has 0 saturated heterocycles. The Morgan fingerprint density at radius 2 is 1.79 bits per heavy atom. The second kappa shape index (κ2) is 8.79. The molecule has 2 aromatic carbocycles. The molecule has 1 amide bonds. The molecule has 0 aliphatic rings. The summed E-state index contributed by atoms with van der Waals surface area (Å²) in [6.45, 7) is -2.89. The number of halogens is 2. The minimum atomic E-state index is -2.89. The van der Waals surface area contributed by atoms with Crippen LogP contribution in [-0.4, -0.2) is 24.2 Å². The molecule has 1 atom stereocenters. The molecule has 0 bridgehead atoms. The van der Waals surface area contributed by atoms with Gasteiger partial charge in [0, 0.05) is 12.6 Å². The summed E-state index contributed by atoms with van der Waals surface area (Å²) in [5.74, 6) is -0.327. The highest BCUT2D eigenvalue weighted by Crippen LogP contribution is 2.18. The Morgan fingerprint density at radius 1 is 1.12 bits per heavy atom. The highest BCUT2D eigenvalue weighted by atomic mass is 19.3. The molecule has 0 saturated carbocycles. The second-order valence-electron chi connectivity index (χ2n) is 4.95. The highest BCUT2D eigenvalue weighted by Gasteiger charge is 2.10. The first-order valence-electron chi connectivity index (χ1n) is 7.28. The van der Waals surface area contributed by atoms with Crippen molar-refractivity contribution in [1.82, 2.24) is 5.32 Å². The Morgan fingerprint density at radius 3 is 2.42 bits per heavy atom. The van der Waals surface area contributed by atoms with E-state index in [1.165, 1.54) is 30.3 Å². The number of amides is 1. The van der Waals surface area contributed by atoms with Crippen LogP contribution in [0.1, 0.15) is 17.2 Å². The van der Waals surface area contributed by atoms with Crippen molar-refractivity contribution in [3.8, 4) is 5.75 Å². The Labute approximate surface area is 138 Å². The fourth-order valence-corrected chi connectivity index (χ4v) is 1.98.